The first-order chi connectivity index (χ1) is 12.8. The van der Waals surface area contributed by atoms with Crippen molar-refractivity contribution in [3.8, 4) is 0 Å². The van der Waals surface area contributed by atoms with Gasteiger partial charge in [-0.3, -0.25) is 10.4 Å². The minimum Gasteiger partial charge on any atom is -0.276 e. The summed E-state index contributed by atoms with van der Waals surface area (Å²) >= 11 is 0. The zero-order chi connectivity index (χ0) is 17.8. The predicted octanol–water partition coefficient (Wildman–Crippen LogP) is 5.41. The maximum Gasteiger partial charge on any atom is 0.0977 e. The Labute approximate surface area is 153 Å². The zero-order valence-electron chi connectivity index (χ0n) is 14.6. The molecule has 0 radical (unpaired) electrons. The van der Waals surface area contributed by atoms with Crippen molar-refractivity contribution in [1.82, 2.24) is 4.98 Å². The van der Waals surface area contributed by atoms with Gasteiger partial charge >= 0.3 is 0 Å². The molecule has 26 heavy (non-hydrogen) atoms. The third-order valence-electron chi connectivity index (χ3n) is 4.30. The van der Waals surface area contributed by atoms with Gasteiger partial charge < -0.3 is 0 Å². The van der Waals surface area contributed by atoms with Crippen molar-refractivity contribution in [3.63, 3.8) is 0 Å². The van der Waals surface area contributed by atoms with E-state index >= 15 is 0 Å². The molecule has 3 aromatic carbocycles. The van der Waals surface area contributed by atoms with Crippen LogP contribution in [0.25, 0.3) is 10.8 Å². The normalized spacial score (nSPS) is 10.5. The summed E-state index contributed by atoms with van der Waals surface area (Å²) in [5, 5.41) is 6.95. The molecule has 1 N–H and O–H groups in total. The molecule has 1 aromatic heterocycles. The smallest absolute Gasteiger partial charge is 0.0977 e. The van der Waals surface area contributed by atoms with Crippen LogP contribution in [0.1, 0.15) is 16.7 Å². The number of fused-ring (bicyclic) bond motifs is 1. The van der Waals surface area contributed by atoms with Crippen molar-refractivity contribution < 1.29 is 0 Å². The fraction of sp³-hybridized carbons (Fsp3) is 0.0435. The molecule has 0 aliphatic heterocycles. The van der Waals surface area contributed by atoms with Gasteiger partial charge in [-0.1, -0.05) is 78.4 Å². The summed E-state index contributed by atoms with van der Waals surface area (Å²) in [6.07, 6.45) is 3.69. The van der Waals surface area contributed by atoms with Crippen LogP contribution in [0.4, 0.5) is 5.69 Å². The predicted molar refractivity (Wildman–Crippen MR) is 109 cm³/mol. The average Bonchev–Trinajstić information content (AvgIpc) is 2.70. The lowest BCUT2D eigenvalue weighted by Gasteiger charge is -2.10. The Bertz CT molecular complexity index is 1010. The molecule has 4 aromatic rings. The highest BCUT2D eigenvalue weighted by Crippen LogP contribution is 2.23. The van der Waals surface area contributed by atoms with Gasteiger partial charge in [0, 0.05) is 28.1 Å². The summed E-state index contributed by atoms with van der Waals surface area (Å²) in [6, 6.07) is 26.7. The van der Waals surface area contributed by atoms with E-state index in [4.69, 9.17) is 5.10 Å². The van der Waals surface area contributed by atoms with E-state index < -0.39 is 0 Å². The first kappa shape index (κ1) is 16.0. The Morgan fingerprint density at radius 2 is 1.46 bits per heavy atom. The van der Waals surface area contributed by atoms with Gasteiger partial charge in [-0.25, -0.2) is 0 Å². The first-order valence-corrected chi connectivity index (χ1v) is 8.60. The van der Waals surface area contributed by atoms with E-state index in [0.717, 1.165) is 33.3 Å². The Hall–Kier alpha value is -3.46. The summed E-state index contributed by atoms with van der Waals surface area (Å²) in [5.41, 5.74) is 8.38. The number of aromatic nitrogens is 1. The lowest BCUT2D eigenvalue weighted by Crippen LogP contribution is -2.06. The first-order valence-electron chi connectivity index (χ1n) is 8.60. The molecule has 1 heterocycles. The van der Waals surface area contributed by atoms with Crippen molar-refractivity contribution in [1.29, 1.82) is 0 Å². The molecule has 126 valence electrons. The van der Waals surface area contributed by atoms with Gasteiger partial charge in [-0.2, -0.15) is 5.10 Å². The Balaban J connectivity index is 1.78. The van der Waals surface area contributed by atoms with E-state index in [1.807, 2.05) is 48.8 Å². The van der Waals surface area contributed by atoms with E-state index in [9.17, 15) is 0 Å². The maximum absolute atomic E-state index is 4.74. The monoisotopic (exact) mass is 337 g/mol. The van der Waals surface area contributed by atoms with Gasteiger partial charge in [0.15, 0.2) is 0 Å². The number of rotatable bonds is 4. The lowest BCUT2D eigenvalue weighted by molar-refractivity contribution is 1.28. The number of anilines is 1. The number of hydrazone groups is 1. The molecule has 4 rings (SSSR count). The molecule has 3 nitrogen and oxygen atoms in total. The second-order valence-electron chi connectivity index (χ2n) is 6.22. The zero-order valence-corrected chi connectivity index (χ0v) is 14.6. The van der Waals surface area contributed by atoms with E-state index in [0.29, 0.717) is 0 Å². The van der Waals surface area contributed by atoms with Crippen molar-refractivity contribution in [2.75, 3.05) is 5.43 Å². The van der Waals surface area contributed by atoms with Crippen molar-refractivity contribution in [3.05, 3.63) is 108 Å². The van der Waals surface area contributed by atoms with Crippen LogP contribution in [-0.4, -0.2) is 10.7 Å². The number of nitrogens with one attached hydrogen (secondary N) is 1. The molecule has 0 saturated heterocycles. The van der Waals surface area contributed by atoms with Crippen LogP contribution in [0.5, 0.6) is 0 Å². The van der Waals surface area contributed by atoms with Gasteiger partial charge in [-0.15, -0.1) is 0 Å². The van der Waals surface area contributed by atoms with Crippen LogP contribution < -0.4 is 5.43 Å². The summed E-state index contributed by atoms with van der Waals surface area (Å²) in [4.78, 5) is 4.33. The summed E-state index contributed by atoms with van der Waals surface area (Å²) in [7, 11) is 0. The van der Waals surface area contributed by atoms with Crippen LogP contribution >= 0.6 is 0 Å². The highest BCUT2D eigenvalue weighted by Gasteiger charge is 2.07. The van der Waals surface area contributed by atoms with E-state index in [1.165, 1.54) is 5.56 Å². The van der Waals surface area contributed by atoms with Gasteiger partial charge in [0.05, 0.1) is 17.6 Å². The van der Waals surface area contributed by atoms with Crippen LogP contribution in [0, 0.1) is 6.92 Å². The molecule has 0 fully saturated rings. The average molecular weight is 337 g/mol. The van der Waals surface area contributed by atoms with Gasteiger partial charge in [0.2, 0.25) is 0 Å². The van der Waals surface area contributed by atoms with E-state index in [2.05, 4.69) is 59.8 Å². The van der Waals surface area contributed by atoms with Gasteiger partial charge in [0.25, 0.3) is 0 Å². The minimum atomic E-state index is 0.899. The van der Waals surface area contributed by atoms with Gasteiger partial charge in [0.1, 0.15) is 0 Å². The molecule has 3 heteroatoms. The second-order valence-corrected chi connectivity index (χ2v) is 6.22. The molecule has 0 saturated carbocycles. The molecule has 0 amide bonds. The number of hydrogen-bond acceptors (Lipinski definition) is 3. The topological polar surface area (TPSA) is 37.3 Å². The molecular weight excluding hydrogens is 318 g/mol. The summed E-state index contributed by atoms with van der Waals surface area (Å²) in [6.45, 7) is 2.09. The van der Waals surface area contributed by atoms with Crippen molar-refractivity contribution in [2.45, 2.75) is 6.92 Å². The molecule has 0 aliphatic rings. The number of pyridine rings is 1. The van der Waals surface area contributed by atoms with Crippen molar-refractivity contribution in [2.24, 2.45) is 5.10 Å². The molecule has 0 atom stereocenters. The van der Waals surface area contributed by atoms with Crippen LogP contribution in [0.3, 0.4) is 0 Å². The fourth-order valence-corrected chi connectivity index (χ4v) is 2.97. The Morgan fingerprint density at radius 1 is 0.808 bits per heavy atom. The maximum atomic E-state index is 4.74. The molecule has 0 bridgehead atoms. The number of nitrogens with zero attached hydrogens (tertiary/aromatic N) is 2. The SMILES string of the molecule is Cc1ccc2cncc(NN=C(c3ccccc3)c3ccccc3)c2c1. The standard InChI is InChI=1S/C23H19N3/c1-17-12-13-20-15-24-16-22(21(20)14-17)25-26-23(18-8-4-2-5-9-18)19-10-6-3-7-11-19/h2-16,25H,1H3. The second kappa shape index (κ2) is 7.19. The molecule has 0 aliphatic carbocycles. The van der Waals surface area contributed by atoms with E-state index in [1.54, 1.807) is 0 Å². The van der Waals surface area contributed by atoms with Gasteiger partial charge in [-0.05, 0) is 13.0 Å². The quantitative estimate of drug-likeness (QED) is 0.399. The van der Waals surface area contributed by atoms with E-state index in [-0.39, 0.29) is 0 Å². The molecule has 0 spiro atoms. The summed E-state index contributed by atoms with van der Waals surface area (Å²) < 4.78 is 0. The fourth-order valence-electron chi connectivity index (χ4n) is 2.97. The highest BCUT2D eigenvalue weighted by atomic mass is 15.3. The third kappa shape index (κ3) is 3.33. The van der Waals surface area contributed by atoms with Crippen LogP contribution in [0.15, 0.2) is 96.4 Å². The highest BCUT2D eigenvalue weighted by molar-refractivity contribution is 6.13. The van der Waals surface area contributed by atoms with Crippen molar-refractivity contribution >= 4 is 22.2 Å². The third-order valence-corrected chi connectivity index (χ3v) is 4.30. The lowest BCUT2D eigenvalue weighted by atomic mass is 10.0. The van der Waals surface area contributed by atoms with Crippen LogP contribution in [0.2, 0.25) is 0 Å². The number of benzene rings is 3. The Morgan fingerprint density at radius 3 is 2.12 bits per heavy atom. The molecular formula is C23H19N3. The number of hydrogen-bond donors (Lipinski definition) is 1. The minimum absolute atomic E-state index is 0.899. The Kier molecular flexibility index (Phi) is 4.44. The largest absolute Gasteiger partial charge is 0.276 e. The summed E-state index contributed by atoms with van der Waals surface area (Å²) in [5.74, 6) is 0. The number of aryl methyl sites for hydroxylation is 1. The van der Waals surface area contributed by atoms with Crippen LogP contribution in [-0.2, 0) is 0 Å². The molecule has 0 unspecified atom stereocenters.